The molecule has 1 N–H and O–H groups in total. The summed E-state index contributed by atoms with van der Waals surface area (Å²) in [4.78, 5) is 10.1. The Labute approximate surface area is 78.2 Å². The van der Waals surface area contributed by atoms with E-state index in [4.69, 9.17) is 16.7 Å². The van der Waals surface area contributed by atoms with Crippen LogP contribution >= 0.6 is 11.6 Å². The van der Waals surface area contributed by atoms with Gasteiger partial charge in [0.25, 0.3) is 0 Å². The lowest BCUT2D eigenvalue weighted by atomic mass is 10.1. The molecule has 12 heavy (non-hydrogen) atoms. The molecule has 70 valence electrons. The highest BCUT2D eigenvalue weighted by Gasteiger charge is 1.99. The Hall–Kier alpha value is -0.500. The van der Waals surface area contributed by atoms with Crippen LogP contribution in [0.3, 0.4) is 0 Å². The number of alkyl halides is 1. The number of unbranched alkanes of at least 4 members (excludes halogenated alkanes) is 2. The van der Waals surface area contributed by atoms with Crippen LogP contribution in [0.15, 0.2) is 12.7 Å². The van der Waals surface area contributed by atoms with E-state index in [9.17, 15) is 4.79 Å². The van der Waals surface area contributed by atoms with E-state index in [0.29, 0.717) is 0 Å². The molecule has 0 aliphatic carbocycles. The molecule has 0 saturated heterocycles. The van der Waals surface area contributed by atoms with Crippen LogP contribution in [0.5, 0.6) is 0 Å². The standard InChI is InChI=1S/C9H15ClO2/c1-2-8(10)6-4-3-5-7-9(11)12/h2,8H,1,3-7H2,(H,11,12). The number of hydrogen-bond acceptors (Lipinski definition) is 1. The number of aliphatic carboxylic acids is 1. The van der Waals surface area contributed by atoms with E-state index in [2.05, 4.69) is 6.58 Å². The van der Waals surface area contributed by atoms with Crippen molar-refractivity contribution in [3.05, 3.63) is 12.7 Å². The Bertz CT molecular complexity index is 145. The van der Waals surface area contributed by atoms with Gasteiger partial charge in [-0.2, -0.15) is 0 Å². The Kier molecular flexibility index (Phi) is 6.87. The zero-order chi connectivity index (χ0) is 9.40. The summed E-state index contributed by atoms with van der Waals surface area (Å²) in [7, 11) is 0. The molecule has 0 aliphatic rings. The van der Waals surface area contributed by atoms with Gasteiger partial charge in [0.05, 0.1) is 5.38 Å². The second-order valence-corrected chi connectivity index (χ2v) is 3.31. The zero-order valence-corrected chi connectivity index (χ0v) is 7.89. The van der Waals surface area contributed by atoms with Crippen LogP contribution in [0.4, 0.5) is 0 Å². The van der Waals surface area contributed by atoms with Gasteiger partial charge in [0, 0.05) is 6.42 Å². The first-order chi connectivity index (χ1) is 5.66. The molecule has 0 radical (unpaired) electrons. The highest BCUT2D eigenvalue weighted by Crippen LogP contribution is 2.10. The summed E-state index contributed by atoms with van der Waals surface area (Å²) in [6.07, 6.45) is 5.53. The fourth-order valence-corrected chi connectivity index (χ4v) is 1.06. The minimum Gasteiger partial charge on any atom is -0.481 e. The van der Waals surface area contributed by atoms with Crippen molar-refractivity contribution in [2.24, 2.45) is 0 Å². The number of rotatable bonds is 7. The molecule has 0 aliphatic heterocycles. The van der Waals surface area contributed by atoms with Gasteiger partial charge in [-0.3, -0.25) is 4.79 Å². The minimum absolute atomic E-state index is 0.0369. The normalized spacial score (nSPS) is 12.4. The largest absolute Gasteiger partial charge is 0.481 e. The lowest BCUT2D eigenvalue weighted by Crippen LogP contribution is -1.95. The Morgan fingerprint density at radius 3 is 2.67 bits per heavy atom. The smallest absolute Gasteiger partial charge is 0.303 e. The van der Waals surface area contributed by atoms with Crippen LogP contribution in [0.1, 0.15) is 32.1 Å². The first kappa shape index (κ1) is 11.5. The summed E-state index contributed by atoms with van der Waals surface area (Å²) in [6, 6.07) is 0. The molecule has 0 fully saturated rings. The molecule has 0 aromatic heterocycles. The molecule has 0 heterocycles. The second kappa shape index (κ2) is 7.17. The molecule has 0 aromatic rings. The molecule has 0 spiro atoms. The van der Waals surface area contributed by atoms with E-state index in [0.717, 1.165) is 25.7 Å². The number of allylic oxidation sites excluding steroid dienone is 1. The quantitative estimate of drug-likeness (QED) is 0.381. The van der Waals surface area contributed by atoms with Gasteiger partial charge < -0.3 is 5.11 Å². The Balaban J connectivity index is 3.10. The molecule has 3 heteroatoms. The van der Waals surface area contributed by atoms with Crippen molar-refractivity contribution in [3.8, 4) is 0 Å². The Morgan fingerprint density at radius 2 is 2.17 bits per heavy atom. The minimum atomic E-state index is -0.721. The monoisotopic (exact) mass is 190 g/mol. The van der Waals surface area contributed by atoms with Gasteiger partial charge in [-0.1, -0.05) is 18.9 Å². The van der Waals surface area contributed by atoms with Gasteiger partial charge in [-0.05, 0) is 12.8 Å². The molecular weight excluding hydrogens is 176 g/mol. The zero-order valence-electron chi connectivity index (χ0n) is 7.13. The molecule has 1 unspecified atom stereocenters. The SMILES string of the molecule is C=CC(Cl)CCCCCC(=O)O. The van der Waals surface area contributed by atoms with Crippen molar-refractivity contribution in [1.29, 1.82) is 0 Å². The van der Waals surface area contributed by atoms with E-state index >= 15 is 0 Å². The van der Waals surface area contributed by atoms with Gasteiger partial charge in [0.15, 0.2) is 0 Å². The van der Waals surface area contributed by atoms with Crippen molar-refractivity contribution in [2.75, 3.05) is 0 Å². The second-order valence-electron chi connectivity index (χ2n) is 2.74. The van der Waals surface area contributed by atoms with Crippen molar-refractivity contribution >= 4 is 17.6 Å². The van der Waals surface area contributed by atoms with Gasteiger partial charge in [-0.25, -0.2) is 0 Å². The maximum absolute atomic E-state index is 10.1. The van der Waals surface area contributed by atoms with Crippen molar-refractivity contribution < 1.29 is 9.90 Å². The number of carboxylic acid groups (broad SMARTS) is 1. The summed E-state index contributed by atoms with van der Waals surface area (Å²) in [5.41, 5.74) is 0. The average molecular weight is 191 g/mol. The lowest BCUT2D eigenvalue weighted by molar-refractivity contribution is -0.137. The summed E-state index contributed by atoms with van der Waals surface area (Å²) >= 11 is 5.77. The average Bonchev–Trinajstić information content (AvgIpc) is 2.03. The highest BCUT2D eigenvalue weighted by atomic mass is 35.5. The van der Waals surface area contributed by atoms with Gasteiger partial charge in [0.1, 0.15) is 0 Å². The summed E-state index contributed by atoms with van der Waals surface area (Å²) in [5.74, 6) is -0.721. The van der Waals surface area contributed by atoms with E-state index < -0.39 is 5.97 Å². The lowest BCUT2D eigenvalue weighted by Gasteiger charge is -2.01. The highest BCUT2D eigenvalue weighted by molar-refractivity contribution is 6.21. The first-order valence-electron chi connectivity index (χ1n) is 4.15. The molecule has 0 saturated carbocycles. The van der Waals surface area contributed by atoms with Gasteiger partial charge in [0.2, 0.25) is 0 Å². The summed E-state index contributed by atoms with van der Waals surface area (Å²) in [6.45, 7) is 3.56. The predicted molar refractivity (Wildman–Crippen MR) is 50.6 cm³/mol. The van der Waals surface area contributed by atoms with Crippen LogP contribution in [-0.2, 0) is 4.79 Å². The van der Waals surface area contributed by atoms with Crippen LogP contribution < -0.4 is 0 Å². The Morgan fingerprint density at radius 1 is 1.50 bits per heavy atom. The van der Waals surface area contributed by atoms with Crippen LogP contribution in [0.25, 0.3) is 0 Å². The molecule has 0 amide bonds. The molecule has 1 atom stereocenters. The summed E-state index contributed by atoms with van der Waals surface area (Å²) < 4.78 is 0. The molecule has 0 bridgehead atoms. The number of hydrogen-bond donors (Lipinski definition) is 1. The van der Waals surface area contributed by atoms with E-state index in [1.165, 1.54) is 0 Å². The third-order valence-corrected chi connectivity index (χ3v) is 2.02. The number of halogens is 1. The molecule has 0 rings (SSSR count). The van der Waals surface area contributed by atoms with Crippen molar-refractivity contribution in [3.63, 3.8) is 0 Å². The maximum Gasteiger partial charge on any atom is 0.303 e. The number of carboxylic acids is 1. The third-order valence-electron chi connectivity index (χ3n) is 1.63. The molecular formula is C9H15ClO2. The fourth-order valence-electron chi connectivity index (χ4n) is 0.910. The van der Waals surface area contributed by atoms with Crippen molar-refractivity contribution in [2.45, 2.75) is 37.5 Å². The third kappa shape index (κ3) is 7.61. The van der Waals surface area contributed by atoms with Crippen LogP contribution in [-0.4, -0.2) is 16.5 Å². The topological polar surface area (TPSA) is 37.3 Å². The maximum atomic E-state index is 10.1. The fraction of sp³-hybridized carbons (Fsp3) is 0.667. The predicted octanol–water partition coefficient (Wildman–Crippen LogP) is 2.81. The number of carbonyl (C=O) groups is 1. The van der Waals surface area contributed by atoms with Crippen LogP contribution in [0, 0.1) is 0 Å². The van der Waals surface area contributed by atoms with E-state index in [-0.39, 0.29) is 11.8 Å². The molecule has 0 aromatic carbocycles. The van der Waals surface area contributed by atoms with Crippen LogP contribution in [0.2, 0.25) is 0 Å². The van der Waals surface area contributed by atoms with E-state index in [1.807, 2.05) is 0 Å². The summed E-state index contributed by atoms with van der Waals surface area (Å²) in [5, 5.41) is 8.36. The van der Waals surface area contributed by atoms with E-state index in [1.54, 1.807) is 6.08 Å². The van der Waals surface area contributed by atoms with Gasteiger partial charge >= 0.3 is 5.97 Å². The first-order valence-corrected chi connectivity index (χ1v) is 4.59. The molecule has 2 nitrogen and oxygen atoms in total. The van der Waals surface area contributed by atoms with Gasteiger partial charge in [-0.15, -0.1) is 18.2 Å². The van der Waals surface area contributed by atoms with Crippen molar-refractivity contribution in [1.82, 2.24) is 0 Å².